The lowest BCUT2D eigenvalue weighted by atomic mass is 9.97. The van der Waals surface area contributed by atoms with Gasteiger partial charge in [0, 0.05) is 10.9 Å². The van der Waals surface area contributed by atoms with Gasteiger partial charge in [0.15, 0.2) is 5.43 Å². The molecular weight excluding hydrogens is 353 g/mol. The van der Waals surface area contributed by atoms with Crippen LogP contribution in [0.25, 0.3) is 33.3 Å². The molecule has 0 amide bonds. The van der Waals surface area contributed by atoms with Crippen molar-refractivity contribution in [1.29, 1.82) is 0 Å². The number of aromatic amines is 1. The van der Waals surface area contributed by atoms with Crippen molar-refractivity contribution in [2.75, 3.05) is 0 Å². The Morgan fingerprint density at radius 2 is 1.44 bits per heavy atom. The Morgan fingerprint density at radius 3 is 2.20 bits per heavy atom. The number of pyridine rings is 1. The third-order valence-electron chi connectivity index (χ3n) is 4.18. The first kappa shape index (κ1) is 15.9. The van der Waals surface area contributed by atoms with Gasteiger partial charge >= 0.3 is 0 Å². The van der Waals surface area contributed by atoms with Gasteiger partial charge in [-0.1, -0.05) is 71.7 Å². The molecule has 0 saturated heterocycles. The van der Waals surface area contributed by atoms with Crippen LogP contribution in [0.15, 0.2) is 77.6 Å². The summed E-state index contributed by atoms with van der Waals surface area (Å²) in [6.07, 6.45) is 0. The molecule has 0 unspecified atom stereocenters. The molecule has 122 valence electrons. The number of nitrogens with one attached hydrogen (secondary N) is 1. The maximum Gasteiger partial charge on any atom is 0.197 e. The molecule has 2 nitrogen and oxygen atoms in total. The van der Waals surface area contributed by atoms with Crippen LogP contribution < -0.4 is 5.43 Å². The van der Waals surface area contributed by atoms with E-state index in [0.29, 0.717) is 21.0 Å². The minimum Gasteiger partial charge on any atom is -0.354 e. The van der Waals surface area contributed by atoms with Crippen LogP contribution in [-0.4, -0.2) is 4.98 Å². The molecule has 25 heavy (non-hydrogen) atoms. The summed E-state index contributed by atoms with van der Waals surface area (Å²) in [5.74, 6) is 0. The molecule has 1 aromatic heterocycles. The standard InChI is InChI=1S/C21H13Cl2NO/c22-16-11-10-14(12-17(16)23)19-20(13-6-2-1-3-7-13)24-18-9-5-4-8-15(18)21(19)25/h1-12H,(H,24,25). The molecule has 4 rings (SSSR count). The molecule has 1 N–H and O–H groups in total. The summed E-state index contributed by atoms with van der Waals surface area (Å²) in [5, 5.41) is 1.53. The first-order chi connectivity index (χ1) is 12.1. The second-order valence-electron chi connectivity index (χ2n) is 5.74. The van der Waals surface area contributed by atoms with Crippen molar-refractivity contribution in [2.45, 2.75) is 0 Å². The van der Waals surface area contributed by atoms with Crippen LogP contribution in [0.2, 0.25) is 10.0 Å². The van der Waals surface area contributed by atoms with Crippen LogP contribution in [0.1, 0.15) is 0 Å². The van der Waals surface area contributed by atoms with Crippen LogP contribution in [0.4, 0.5) is 0 Å². The lowest BCUT2D eigenvalue weighted by molar-refractivity contribution is 1.37. The van der Waals surface area contributed by atoms with Gasteiger partial charge in [0.25, 0.3) is 0 Å². The Balaban J connectivity index is 2.12. The predicted molar refractivity (Wildman–Crippen MR) is 105 cm³/mol. The van der Waals surface area contributed by atoms with Crippen molar-refractivity contribution < 1.29 is 0 Å². The van der Waals surface area contributed by atoms with Crippen molar-refractivity contribution in [3.05, 3.63) is 93.1 Å². The van der Waals surface area contributed by atoms with E-state index in [0.717, 1.165) is 22.3 Å². The van der Waals surface area contributed by atoms with Gasteiger partial charge in [0.05, 0.1) is 21.3 Å². The normalized spacial score (nSPS) is 11.0. The van der Waals surface area contributed by atoms with E-state index < -0.39 is 0 Å². The average molecular weight is 366 g/mol. The van der Waals surface area contributed by atoms with E-state index in [1.807, 2.05) is 60.7 Å². The van der Waals surface area contributed by atoms with E-state index in [1.54, 1.807) is 12.1 Å². The highest BCUT2D eigenvalue weighted by Crippen LogP contribution is 2.33. The number of rotatable bonds is 2. The summed E-state index contributed by atoms with van der Waals surface area (Å²) in [5.41, 5.74) is 3.79. The van der Waals surface area contributed by atoms with Crippen LogP contribution in [0.3, 0.4) is 0 Å². The summed E-state index contributed by atoms with van der Waals surface area (Å²) in [6.45, 7) is 0. The Morgan fingerprint density at radius 1 is 0.720 bits per heavy atom. The van der Waals surface area contributed by atoms with E-state index in [4.69, 9.17) is 23.2 Å². The maximum absolute atomic E-state index is 13.2. The zero-order chi connectivity index (χ0) is 17.4. The molecule has 0 atom stereocenters. The number of aromatic nitrogens is 1. The fourth-order valence-corrected chi connectivity index (χ4v) is 3.28. The van der Waals surface area contributed by atoms with Crippen molar-refractivity contribution in [1.82, 2.24) is 4.98 Å². The smallest absolute Gasteiger partial charge is 0.197 e. The second-order valence-corrected chi connectivity index (χ2v) is 6.56. The van der Waals surface area contributed by atoms with Crippen molar-refractivity contribution in [2.24, 2.45) is 0 Å². The van der Waals surface area contributed by atoms with Crippen LogP contribution in [-0.2, 0) is 0 Å². The van der Waals surface area contributed by atoms with Crippen molar-refractivity contribution in [3.8, 4) is 22.4 Å². The average Bonchev–Trinajstić information content (AvgIpc) is 2.65. The van der Waals surface area contributed by atoms with Gasteiger partial charge in [0.2, 0.25) is 0 Å². The second kappa shape index (κ2) is 6.40. The zero-order valence-corrected chi connectivity index (χ0v) is 14.6. The molecule has 0 saturated carbocycles. The van der Waals surface area contributed by atoms with Gasteiger partial charge in [-0.2, -0.15) is 0 Å². The van der Waals surface area contributed by atoms with Crippen LogP contribution in [0, 0.1) is 0 Å². The molecule has 3 aromatic carbocycles. The number of hydrogen-bond donors (Lipinski definition) is 1. The van der Waals surface area contributed by atoms with E-state index in [2.05, 4.69) is 4.98 Å². The molecule has 0 radical (unpaired) electrons. The Kier molecular flexibility index (Phi) is 4.08. The molecule has 1 heterocycles. The molecule has 4 aromatic rings. The quantitative estimate of drug-likeness (QED) is 0.452. The third kappa shape index (κ3) is 2.84. The van der Waals surface area contributed by atoms with E-state index in [9.17, 15) is 4.79 Å². The molecule has 0 aliphatic heterocycles. The molecule has 0 aliphatic carbocycles. The molecule has 4 heteroatoms. The van der Waals surface area contributed by atoms with Gasteiger partial charge in [-0.15, -0.1) is 0 Å². The van der Waals surface area contributed by atoms with E-state index in [1.165, 1.54) is 0 Å². The number of fused-ring (bicyclic) bond motifs is 1. The fourth-order valence-electron chi connectivity index (χ4n) is 2.98. The molecule has 0 aliphatic rings. The van der Waals surface area contributed by atoms with Gasteiger partial charge < -0.3 is 4.98 Å². The Hall–Kier alpha value is -2.55. The third-order valence-corrected chi connectivity index (χ3v) is 4.92. The van der Waals surface area contributed by atoms with Crippen molar-refractivity contribution >= 4 is 34.1 Å². The predicted octanol–water partition coefficient (Wildman–Crippen LogP) is 6.17. The lowest BCUT2D eigenvalue weighted by Gasteiger charge is -2.12. The minimum atomic E-state index is -0.0356. The zero-order valence-electron chi connectivity index (χ0n) is 13.1. The monoisotopic (exact) mass is 365 g/mol. The summed E-state index contributed by atoms with van der Waals surface area (Å²) < 4.78 is 0. The first-order valence-electron chi connectivity index (χ1n) is 7.81. The number of hydrogen-bond acceptors (Lipinski definition) is 1. The van der Waals surface area contributed by atoms with E-state index >= 15 is 0 Å². The fraction of sp³-hybridized carbons (Fsp3) is 0. The highest BCUT2D eigenvalue weighted by atomic mass is 35.5. The van der Waals surface area contributed by atoms with Crippen molar-refractivity contribution in [3.63, 3.8) is 0 Å². The molecular formula is C21H13Cl2NO. The number of H-pyrrole nitrogens is 1. The van der Waals surface area contributed by atoms with Crippen LogP contribution in [0.5, 0.6) is 0 Å². The number of halogens is 2. The summed E-state index contributed by atoms with van der Waals surface area (Å²) in [4.78, 5) is 16.6. The first-order valence-corrected chi connectivity index (χ1v) is 8.56. The van der Waals surface area contributed by atoms with E-state index in [-0.39, 0.29) is 5.43 Å². The highest BCUT2D eigenvalue weighted by Gasteiger charge is 2.16. The van der Waals surface area contributed by atoms with Gasteiger partial charge in [-0.3, -0.25) is 4.79 Å². The molecule has 0 bridgehead atoms. The maximum atomic E-state index is 13.2. The van der Waals surface area contributed by atoms with Gasteiger partial charge in [-0.05, 0) is 35.4 Å². The SMILES string of the molecule is O=c1c(-c2ccc(Cl)c(Cl)c2)c(-c2ccccc2)[nH]c2ccccc12. The van der Waals surface area contributed by atoms with Gasteiger partial charge in [-0.25, -0.2) is 0 Å². The molecule has 0 fully saturated rings. The largest absolute Gasteiger partial charge is 0.354 e. The molecule has 0 spiro atoms. The summed E-state index contributed by atoms with van der Waals surface area (Å²) in [7, 11) is 0. The van der Waals surface area contributed by atoms with Gasteiger partial charge in [0.1, 0.15) is 0 Å². The minimum absolute atomic E-state index is 0.0356. The van der Waals surface area contributed by atoms with Crippen LogP contribution >= 0.6 is 23.2 Å². The lowest BCUT2D eigenvalue weighted by Crippen LogP contribution is -2.09. The summed E-state index contributed by atoms with van der Waals surface area (Å²) in [6, 6.07) is 22.5. The topological polar surface area (TPSA) is 32.9 Å². The number of para-hydroxylation sites is 1. The Bertz CT molecular complexity index is 1130. The Labute approximate surface area is 154 Å². The highest BCUT2D eigenvalue weighted by molar-refractivity contribution is 6.42. The summed E-state index contributed by atoms with van der Waals surface area (Å²) >= 11 is 12.2. The number of benzene rings is 3.